The lowest BCUT2D eigenvalue weighted by atomic mass is 10.2. The Labute approximate surface area is 121 Å². The summed E-state index contributed by atoms with van der Waals surface area (Å²) in [6.07, 6.45) is 3.66. The van der Waals surface area contributed by atoms with Crippen LogP contribution in [-0.4, -0.2) is 44.7 Å². The Morgan fingerprint density at radius 2 is 1.95 bits per heavy atom. The number of aromatic nitrogens is 3. The molecular formula is C15H25N5. The molecule has 0 radical (unpaired) electrons. The van der Waals surface area contributed by atoms with Gasteiger partial charge in [-0.15, -0.1) is 0 Å². The van der Waals surface area contributed by atoms with Crippen LogP contribution in [0.1, 0.15) is 33.4 Å². The minimum atomic E-state index is 0.553. The first-order chi connectivity index (χ1) is 9.49. The second kappa shape index (κ2) is 6.22. The average molecular weight is 275 g/mol. The molecule has 0 aromatic carbocycles. The van der Waals surface area contributed by atoms with Gasteiger partial charge in [0.25, 0.3) is 0 Å². The summed E-state index contributed by atoms with van der Waals surface area (Å²) in [4.78, 5) is 6.88. The second-order valence-corrected chi connectivity index (χ2v) is 5.74. The lowest BCUT2D eigenvalue weighted by Gasteiger charge is -2.30. The van der Waals surface area contributed by atoms with E-state index in [1.165, 1.54) is 0 Å². The van der Waals surface area contributed by atoms with Gasteiger partial charge in [0.2, 0.25) is 0 Å². The first kappa shape index (κ1) is 14.8. The Morgan fingerprint density at radius 1 is 1.25 bits per heavy atom. The van der Waals surface area contributed by atoms with Crippen molar-refractivity contribution >= 4 is 11.3 Å². The molecule has 0 aliphatic carbocycles. The monoisotopic (exact) mass is 275 g/mol. The van der Waals surface area contributed by atoms with Crippen LogP contribution in [0, 0.1) is 6.92 Å². The molecule has 0 amide bonds. The minimum Gasteiger partial charge on any atom is -0.367 e. The molecule has 5 nitrogen and oxygen atoms in total. The maximum atomic E-state index is 4.42. The van der Waals surface area contributed by atoms with Crippen LogP contribution in [0.2, 0.25) is 0 Å². The highest BCUT2D eigenvalue weighted by Crippen LogP contribution is 2.14. The Morgan fingerprint density at radius 3 is 2.60 bits per heavy atom. The van der Waals surface area contributed by atoms with E-state index >= 15 is 0 Å². The van der Waals surface area contributed by atoms with Crippen molar-refractivity contribution in [2.75, 3.05) is 18.4 Å². The van der Waals surface area contributed by atoms with E-state index in [0.717, 1.165) is 30.1 Å². The molecule has 0 atom stereocenters. The first-order valence-electron chi connectivity index (χ1n) is 7.29. The van der Waals surface area contributed by atoms with Gasteiger partial charge in [-0.3, -0.25) is 4.90 Å². The smallest absolute Gasteiger partial charge is 0.152 e. The van der Waals surface area contributed by atoms with Crippen LogP contribution in [0.15, 0.2) is 18.5 Å². The Balaban J connectivity index is 2.02. The van der Waals surface area contributed by atoms with Crippen LogP contribution in [-0.2, 0) is 0 Å². The molecule has 0 unspecified atom stereocenters. The fraction of sp³-hybridized carbons (Fsp3) is 0.600. The van der Waals surface area contributed by atoms with Crippen molar-refractivity contribution in [1.82, 2.24) is 19.5 Å². The SMILES string of the molecule is Cc1cc2c(NCCN(C(C)C)C(C)C)nccn2n1. The molecule has 5 heteroatoms. The average Bonchev–Trinajstić information content (AvgIpc) is 2.74. The van der Waals surface area contributed by atoms with Crippen molar-refractivity contribution in [1.29, 1.82) is 0 Å². The van der Waals surface area contributed by atoms with Gasteiger partial charge in [0.05, 0.1) is 5.69 Å². The summed E-state index contributed by atoms with van der Waals surface area (Å²) in [7, 11) is 0. The summed E-state index contributed by atoms with van der Waals surface area (Å²) >= 11 is 0. The van der Waals surface area contributed by atoms with Gasteiger partial charge in [0.1, 0.15) is 5.52 Å². The maximum Gasteiger partial charge on any atom is 0.152 e. The topological polar surface area (TPSA) is 45.5 Å². The standard InChI is InChI=1S/C15H25N5/c1-11(2)19(12(3)4)8-6-16-15-14-10-13(5)18-20(14)9-7-17-15/h7,9-12H,6,8H2,1-5H3,(H,16,17). The van der Waals surface area contributed by atoms with Crippen molar-refractivity contribution in [3.8, 4) is 0 Å². The number of nitrogens with one attached hydrogen (secondary N) is 1. The van der Waals surface area contributed by atoms with E-state index in [-0.39, 0.29) is 0 Å². The number of nitrogens with zero attached hydrogens (tertiary/aromatic N) is 4. The zero-order valence-corrected chi connectivity index (χ0v) is 13.1. The van der Waals surface area contributed by atoms with Crippen molar-refractivity contribution in [3.63, 3.8) is 0 Å². The van der Waals surface area contributed by atoms with Gasteiger partial charge in [-0.25, -0.2) is 9.50 Å². The quantitative estimate of drug-likeness (QED) is 0.880. The molecule has 0 aliphatic rings. The third-order valence-corrected chi connectivity index (χ3v) is 3.50. The maximum absolute atomic E-state index is 4.42. The molecule has 2 rings (SSSR count). The third kappa shape index (κ3) is 3.28. The molecule has 1 N–H and O–H groups in total. The number of hydrogen-bond donors (Lipinski definition) is 1. The molecule has 2 aromatic heterocycles. The minimum absolute atomic E-state index is 0.553. The summed E-state index contributed by atoms with van der Waals surface area (Å²) in [5, 5.41) is 7.83. The van der Waals surface area contributed by atoms with Crippen LogP contribution in [0.4, 0.5) is 5.82 Å². The molecule has 0 bridgehead atoms. The van der Waals surface area contributed by atoms with Gasteiger partial charge >= 0.3 is 0 Å². The normalized spacial score (nSPS) is 12.0. The number of aryl methyl sites for hydroxylation is 1. The van der Waals surface area contributed by atoms with Gasteiger partial charge in [-0.1, -0.05) is 0 Å². The van der Waals surface area contributed by atoms with E-state index in [1.807, 2.05) is 17.6 Å². The molecule has 2 heterocycles. The van der Waals surface area contributed by atoms with Crippen molar-refractivity contribution < 1.29 is 0 Å². The first-order valence-corrected chi connectivity index (χ1v) is 7.29. The molecule has 2 aromatic rings. The molecule has 110 valence electrons. The second-order valence-electron chi connectivity index (χ2n) is 5.74. The lowest BCUT2D eigenvalue weighted by Crippen LogP contribution is -2.40. The van der Waals surface area contributed by atoms with Crippen molar-refractivity contribution in [3.05, 3.63) is 24.2 Å². The molecule has 20 heavy (non-hydrogen) atoms. The van der Waals surface area contributed by atoms with Gasteiger partial charge in [0.15, 0.2) is 5.82 Å². The number of anilines is 1. The van der Waals surface area contributed by atoms with Crippen molar-refractivity contribution in [2.45, 2.75) is 46.7 Å². The van der Waals surface area contributed by atoms with Crippen LogP contribution in [0.5, 0.6) is 0 Å². The highest BCUT2D eigenvalue weighted by Gasteiger charge is 2.13. The fourth-order valence-corrected chi connectivity index (χ4v) is 2.60. The van der Waals surface area contributed by atoms with E-state index in [4.69, 9.17) is 0 Å². The van der Waals surface area contributed by atoms with E-state index in [0.29, 0.717) is 12.1 Å². The fourth-order valence-electron chi connectivity index (χ4n) is 2.60. The van der Waals surface area contributed by atoms with Gasteiger partial charge in [0, 0.05) is 37.6 Å². The highest BCUT2D eigenvalue weighted by molar-refractivity contribution is 5.67. The predicted molar refractivity (Wildman–Crippen MR) is 83.2 cm³/mol. The van der Waals surface area contributed by atoms with Crippen LogP contribution in [0.25, 0.3) is 5.52 Å². The summed E-state index contributed by atoms with van der Waals surface area (Å²) in [5.74, 6) is 0.903. The number of rotatable bonds is 6. The largest absolute Gasteiger partial charge is 0.367 e. The number of fused-ring (bicyclic) bond motifs is 1. The number of hydrogen-bond acceptors (Lipinski definition) is 4. The van der Waals surface area contributed by atoms with Gasteiger partial charge in [-0.2, -0.15) is 5.10 Å². The zero-order chi connectivity index (χ0) is 14.7. The molecule has 0 saturated carbocycles. The predicted octanol–water partition coefficient (Wildman–Crippen LogP) is 2.57. The molecule has 0 saturated heterocycles. The van der Waals surface area contributed by atoms with E-state index in [1.54, 1.807) is 6.20 Å². The summed E-state index contributed by atoms with van der Waals surface area (Å²) < 4.78 is 1.87. The molecule has 0 spiro atoms. The van der Waals surface area contributed by atoms with Gasteiger partial charge < -0.3 is 5.32 Å². The van der Waals surface area contributed by atoms with Crippen LogP contribution >= 0.6 is 0 Å². The third-order valence-electron chi connectivity index (χ3n) is 3.50. The Bertz CT molecular complexity index is 550. The lowest BCUT2D eigenvalue weighted by molar-refractivity contribution is 0.182. The van der Waals surface area contributed by atoms with E-state index < -0.39 is 0 Å². The summed E-state index contributed by atoms with van der Waals surface area (Å²) in [6, 6.07) is 3.16. The Hall–Kier alpha value is -1.62. The van der Waals surface area contributed by atoms with Crippen LogP contribution < -0.4 is 5.32 Å². The zero-order valence-electron chi connectivity index (χ0n) is 13.1. The molecular weight excluding hydrogens is 250 g/mol. The summed E-state index contributed by atoms with van der Waals surface area (Å²) in [6.45, 7) is 12.8. The Kier molecular flexibility index (Phi) is 4.60. The van der Waals surface area contributed by atoms with Crippen molar-refractivity contribution in [2.24, 2.45) is 0 Å². The highest BCUT2D eigenvalue weighted by atomic mass is 15.2. The summed E-state index contributed by atoms with van der Waals surface area (Å²) in [5.41, 5.74) is 2.04. The van der Waals surface area contributed by atoms with E-state index in [9.17, 15) is 0 Å². The van der Waals surface area contributed by atoms with Crippen LogP contribution in [0.3, 0.4) is 0 Å². The molecule has 0 aliphatic heterocycles. The molecule has 0 fully saturated rings. The van der Waals surface area contributed by atoms with E-state index in [2.05, 4.69) is 54.1 Å². The van der Waals surface area contributed by atoms with Gasteiger partial charge in [-0.05, 0) is 40.7 Å².